The average molecular weight is 518 g/mol. The number of rotatable bonds is 6. The number of sulfonamides is 1. The maximum atomic E-state index is 14.5. The van der Waals surface area contributed by atoms with Crippen molar-refractivity contribution >= 4 is 32.2 Å². The molecule has 0 atom stereocenters. The fraction of sp³-hybridized carbons (Fsp3) is 0.125. The predicted molar refractivity (Wildman–Crippen MR) is 136 cm³/mol. The van der Waals surface area contributed by atoms with E-state index in [1.54, 1.807) is 35.4 Å². The third-order valence-electron chi connectivity index (χ3n) is 5.88. The van der Waals surface area contributed by atoms with Gasteiger partial charge < -0.3 is 4.98 Å². The number of nitrogens with zero attached hydrogens (tertiary/aromatic N) is 6. The van der Waals surface area contributed by atoms with E-state index in [2.05, 4.69) is 40.0 Å². The van der Waals surface area contributed by atoms with E-state index in [-0.39, 0.29) is 6.54 Å². The molecule has 0 aliphatic carbocycles. The van der Waals surface area contributed by atoms with Gasteiger partial charge >= 0.3 is 0 Å². The molecule has 0 aliphatic rings. The number of pyridine rings is 2. The molecule has 13 heteroatoms. The second-order valence-electron chi connectivity index (χ2n) is 8.68. The van der Waals surface area contributed by atoms with Crippen LogP contribution in [0, 0.1) is 5.82 Å². The Kier molecular flexibility index (Phi) is 5.31. The Morgan fingerprint density at radius 2 is 1.92 bits per heavy atom. The molecule has 5 aromatic heterocycles. The third kappa shape index (κ3) is 4.45. The van der Waals surface area contributed by atoms with Gasteiger partial charge in [-0.1, -0.05) is 0 Å². The van der Waals surface area contributed by atoms with Crippen molar-refractivity contribution in [3.63, 3.8) is 0 Å². The standard InChI is InChI=1S/C24H20FN9O2S/c1-34-12-16(11-28-34)15-8-19-21(32-33-22(19)27-10-15)24-30-20-18(3-4-26-23(20)31-24)14-5-13(6-17(25)7-14)9-29-37(2,35)36/h3-8,10-12,29H,9H2,1-2H3,(H,26,30,31)(H,27,32,33). The molecule has 0 amide bonds. The summed E-state index contributed by atoms with van der Waals surface area (Å²) in [5.74, 6) is 0.0130. The lowest BCUT2D eigenvalue weighted by Crippen LogP contribution is -2.21. The lowest BCUT2D eigenvalue weighted by molar-refractivity contribution is 0.586. The van der Waals surface area contributed by atoms with Crippen LogP contribution in [-0.2, 0) is 23.6 Å². The third-order valence-corrected chi connectivity index (χ3v) is 6.55. The highest BCUT2D eigenvalue weighted by molar-refractivity contribution is 7.88. The highest BCUT2D eigenvalue weighted by Gasteiger charge is 2.17. The number of benzene rings is 1. The number of imidazole rings is 1. The molecule has 0 saturated heterocycles. The van der Waals surface area contributed by atoms with Gasteiger partial charge in [0.15, 0.2) is 17.1 Å². The average Bonchev–Trinajstić information content (AvgIpc) is 3.58. The van der Waals surface area contributed by atoms with Crippen LogP contribution in [0.1, 0.15) is 5.56 Å². The number of hydrogen-bond donors (Lipinski definition) is 3. The van der Waals surface area contributed by atoms with E-state index in [1.165, 1.54) is 12.1 Å². The lowest BCUT2D eigenvalue weighted by atomic mass is 10.0. The van der Waals surface area contributed by atoms with Crippen molar-refractivity contribution in [1.29, 1.82) is 0 Å². The van der Waals surface area contributed by atoms with Gasteiger partial charge in [-0.15, -0.1) is 0 Å². The van der Waals surface area contributed by atoms with E-state index < -0.39 is 15.8 Å². The minimum Gasteiger partial charge on any atom is -0.335 e. The Morgan fingerprint density at radius 3 is 2.70 bits per heavy atom. The molecule has 6 rings (SSSR count). The van der Waals surface area contributed by atoms with Crippen LogP contribution in [0.2, 0.25) is 0 Å². The normalized spacial score (nSPS) is 12.1. The van der Waals surface area contributed by atoms with Gasteiger partial charge in [0.05, 0.1) is 23.4 Å². The van der Waals surface area contributed by atoms with Crippen LogP contribution in [0.4, 0.5) is 4.39 Å². The molecule has 0 aliphatic heterocycles. The van der Waals surface area contributed by atoms with Gasteiger partial charge in [0.2, 0.25) is 10.0 Å². The van der Waals surface area contributed by atoms with Crippen LogP contribution in [0.5, 0.6) is 0 Å². The van der Waals surface area contributed by atoms with Gasteiger partial charge in [-0.3, -0.25) is 9.78 Å². The quantitative estimate of drug-likeness (QED) is 0.307. The SMILES string of the molecule is Cn1cc(-c2cnc3n[nH]c(-c4nc5nccc(-c6cc(F)cc(CNS(C)(=O)=O)c6)c5[nH]4)c3c2)cn1. The zero-order chi connectivity index (χ0) is 25.7. The topological polar surface area (TPSA) is 147 Å². The van der Waals surface area contributed by atoms with Crippen LogP contribution in [0.25, 0.3) is 56.0 Å². The van der Waals surface area contributed by atoms with E-state index in [0.29, 0.717) is 45.0 Å². The van der Waals surface area contributed by atoms with Crippen molar-refractivity contribution in [3.05, 3.63) is 66.5 Å². The lowest BCUT2D eigenvalue weighted by Gasteiger charge is -2.08. The molecular weight excluding hydrogens is 497 g/mol. The molecule has 3 N–H and O–H groups in total. The molecule has 11 nitrogen and oxygen atoms in total. The summed E-state index contributed by atoms with van der Waals surface area (Å²) in [4.78, 5) is 16.8. The molecule has 0 spiro atoms. The van der Waals surface area contributed by atoms with Gasteiger partial charge in [-0.05, 0) is 41.5 Å². The molecule has 0 saturated carbocycles. The second kappa shape index (κ2) is 8.57. The summed E-state index contributed by atoms with van der Waals surface area (Å²) in [6.07, 6.45) is 8.05. The Morgan fingerprint density at radius 1 is 1.05 bits per heavy atom. The van der Waals surface area contributed by atoms with Crippen molar-refractivity contribution in [3.8, 4) is 33.8 Å². The molecule has 6 aromatic rings. The first-order chi connectivity index (χ1) is 17.7. The summed E-state index contributed by atoms with van der Waals surface area (Å²) in [6, 6.07) is 8.12. The Balaban J connectivity index is 1.43. The maximum absolute atomic E-state index is 14.5. The molecule has 0 bridgehead atoms. The molecule has 0 unspecified atom stereocenters. The molecule has 37 heavy (non-hydrogen) atoms. The molecule has 0 fully saturated rings. The predicted octanol–water partition coefficient (Wildman–Crippen LogP) is 3.15. The highest BCUT2D eigenvalue weighted by atomic mass is 32.2. The van der Waals surface area contributed by atoms with E-state index in [9.17, 15) is 12.8 Å². The zero-order valence-electron chi connectivity index (χ0n) is 19.7. The summed E-state index contributed by atoms with van der Waals surface area (Å²) < 4.78 is 41.6. The second-order valence-corrected chi connectivity index (χ2v) is 10.5. The Bertz CT molecular complexity index is 1910. The molecule has 186 valence electrons. The maximum Gasteiger partial charge on any atom is 0.209 e. The summed E-state index contributed by atoms with van der Waals surface area (Å²) in [7, 11) is -1.58. The number of halogens is 1. The fourth-order valence-electron chi connectivity index (χ4n) is 4.20. The summed E-state index contributed by atoms with van der Waals surface area (Å²) in [5.41, 5.74) is 5.72. The van der Waals surface area contributed by atoms with Crippen LogP contribution < -0.4 is 4.72 Å². The molecule has 0 radical (unpaired) electrons. The van der Waals surface area contributed by atoms with Gasteiger partial charge in [0, 0.05) is 48.9 Å². The van der Waals surface area contributed by atoms with Crippen LogP contribution >= 0.6 is 0 Å². The van der Waals surface area contributed by atoms with Crippen molar-refractivity contribution in [2.24, 2.45) is 7.05 Å². The fourth-order valence-corrected chi connectivity index (χ4v) is 4.63. The van der Waals surface area contributed by atoms with Gasteiger partial charge in [0.1, 0.15) is 11.5 Å². The van der Waals surface area contributed by atoms with Gasteiger partial charge in [-0.2, -0.15) is 10.2 Å². The summed E-state index contributed by atoms with van der Waals surface area (Å²) in [5, 5.41) is 12.3. The summed E-state index contributed by atoms with van der Waals surface area (Å²) in [6.45, 7) is -0.0293. The van der Waals surface area contributed by atoms with Gasteiger partial charge in [-0.25, -0.2) is 32.5 Å². The number of aromatic amines is 2. The van der Waals surface area contributed by atoms with Crippen molar-refractivity contribution in [2.75, 3.05) is 6.26 Å². The van der Waals surface area contributed by atoms with E-state index >= 15 is 0 Å². The van der Waals surface area contributed by atoms with Crippen molar-refractivity contribution < 1.29 is 12.8 Å². The number of fused-ring (bicyclic) bond motifs is 2. The molecular formula is C24H20FN9O2S. The first-order valence-corrected chi connectivity index (χ1v) is 13.1. The van der Waals surface area contributed by atoms with Gasteiger partial charge in [0.25, 0.3) is 0 Å². The Labute approximate surface area is 209 Å². The van der Waals surface area contributed by atoms with Crippen molar-refractivity contribution in [1.82, 2.24) is 44.6 Å². The molecule has 1 aromatic carbocycles. The highest BCUT2D eigenvalue weighted by Crippen LogP contribution is 2.32. The number of hydrogen-bond acceptors (Lipinski definition) is 7. The summed E-state index contributed by atoms with van der Waals surface area (Å²) >= 11 is 0. The monoisotopic (exact) mass is 517 g/mol. The first-order valence-electron chi connectivity index (χ1n) is 11.2. The number of H-pyrrole nitrogens is 2. The minimum atomic E-state index is -3.42. The van der Waals surface area contributed by atoms with Crippen molar-refractivity contribution in [2.45, 2.75) is 6.54 Å². The smallest absolute Gasteiger partial charge is 0.209 e. The van der Waals surface area contributed by atoms with E-state index in [0.717, 1.165) is 22.8 Å². The Hall–Kier alpha value is -4.49. The van der Waals surface area contributed by atoms with Crippen LogP contribution in [-0.4, -0.2) is 54.6 Å². The van der Waals surface area contributed by atoms with Crippen LogP contribution in [0.15, 0.2) is 55.1 Å². The van der Waals surface area contributed by atoms with E-state index in [1.807, 2.05) is 19.3 Å². The van der Waals surface area contributed by atoms with Crippen LogP contribution in [0.3, 0.4) is 0 Å². The van der Waals surface area contributed by atoms with E-state index in [4.69, 9.17) is 0 Å². The number of nitrogens with one attached hydrogen (secondary N) is 3. The number of aromatic nitrogens is 8. The molecule has 5 heterocycles. The zero-order valence-corrected chi connectivity index (χ0v) is 20.5. The minimum absolute atomic E-state index is 0.0293. The first kappa shape index (κ1) is 22.9. The largest absolute Gasteiger partial charge is 0.335 e. The number of aryl methyl sites for hydroxylation is 1.